The van der Waals surface area contributed by atoms with E-state index in [-0.39, 0.29) is 6.79 Å². The molecule has 1 aromatic rings. The van der Waals surface area contributed by atoms with Gasteiger partial charge >= 0.3 is 0 Å². The first-order valence-electron chi connectivity index (χ1n) is 6.74. The molecule has 0 aromatic carbocycles. The number of ether oxygens (including phenoxy) is 1. The molecule has 0 saturated carbocycles. The number of aliphatic hydroxyl groups excluding tert-OH is 1. The van der Waals surface area contributed by atoms with Crippen LogP contribution in [0.3, 0.4) is 0 Å². The first-order chi connectivity index (χ1) is 8.92. The van der Waals surface area contributed by atoms with Gasteiger partial charge in [-0.05, 0) is 50.4 Å². The largest absolute Gasteiger partial charge is 0.371 e. The molecular formula is C14H22N2O2. The molecule has 1 aromatic heterocycles. The number of hydrogen-bond acceptors (Lipinski definition) is 4. The van der Waals surface area contributed by atoms with Gasteiger partial charge in [-0.1, -0.05) is 6.07 Å². The third kappa shape index (κ3) is 3.77. The Morgan fingerprint density at radius 1 is 1.44 bits per heavy atom. The molecule has 2 rings (SSSR count). The molecule has 1 atom stereocenters. The van der Waals surface area contributed by atoms with Crippen LogP contribution in [-0.4, -0.2) is 41.5 Å². The summed E-state index contributed by atoms with van der Waals surface area (Å²) in [4.78, 5) is 6.75. The maximum absolute atomic E-state index is 8.53. The predicted molar refractivity (Wildman–Crippen MR) is 70.1 cm³/mol. The van der Waals surface area contributed by atoms with E-state index in [9.17, 15) is 0 Å². The number of likely N-dealkylation sites (tertiary alicyclic amines) is 1. The topological polar surface area (TPSA) is 45.6 Å². The van der Waals surface area contributed by atoms with Crippen LogP contribution in [0.5, 0.6) is 0 Å². The van der Waals surface area contributed by atoms with Crippen LogP contribution in [-0.2, 0) is 4.74 Å². The van der Waals surface area contributed by atoms with Crippen molar-refractivity contribution in [3.05, 3.63) is 30.1 Å². The van der Waals surface area contributed by atoms with Gasteiger partial charge in [0.05, 0.1) is 0 Å². The minimum absolute atomic E-state index is 0.165. The van der Waals surface area contributed by atoms with Crippen LogP contribution in [0.1, 0.15) is 37.3 Å². The van der Waals surface area contributed by atoms with Gasteiger partial charge in [0.2, 0.25) is 0 Å². The molecule has 1 fully saturated rings. The summed E-state index contributed by atoms with van der Waals surface area (Å²) in [5.74, 6) is 0. The van der Waals surface area contributed by atoms with Crippen molar-refractivity contribution in [2.24, 2.45) is 0 Å². The molecule has 4 heteroatoms. The highest BCUT2D eigenvalue weighted by Gasteiger charge is 2.25. The van der Waals surface area contributed by atoms with Crippen molar-refractivity contribution < 1.29 is 9.84 Å². The van der Waals surface area contributed by atoms with Crippen LogP contribution < -0.4 is 0 Å². The van der Waals surface area contributed by atoms with E-state index in [0.29, 0.717) is 12.6 Å². The molecule has 18 heavy (non-hydrogen) atoms. The van der Waals surface area contributed by atoms with Gasteiger partial charge in [0.1, 0.15) is 6.79 Å². The van der Waals surface area contributed by atoms with Crippen molar-refractivity contribution in [1.29, 1.82) is 0 Å². The fourth-order valence-electron chi connectivity index (χ4n) is 2.63. The average Bonchev–Trinajstić information content (AvgIpc) is 2.88. The van der Waals surface area contributed by atoms with Gasteiger partial charge in [-0.15, -0.1) is 0 Å². The molecule has 1 aliphatic rings. The zero-order valence-corrected chi connectivity index (χ0v) is 10.8. The van der Waals surface area contributed by atoms with E-state index in [1.165, 1.54) is 24.9 Å². The van der Waals surface area contributed by atoms with Crippen molar-refractivity contribution in [2.75, 3.05) is 26.5 Å². The molecule has 2 heterocycles. The number of rotatable bonds is 7. The predicted octanol–water partition coefficient (Wildman–Crippen LogP) is 1.97. The van der Waals surface area contributed by atoms with Gasteiger partial charge < -0.3 is 9.84 Å². The first kappa shape index (κ1) is 13.5. The number of hydrogen-bond donors (Lipinski definition) is 1. The van der Waals surface area contributed by atoms with Crippen LogP contribution >= 0.6 is 0 Å². The van der Waals surface area contributed by atoms with E-state index >= 15 is 0 Å². The third-order valence-corrected chi connectivity index (χ3v) is 3.51. The lowest BCUT2D eigenvalue weighted by atomic mass is 10.1. The lowest BCUT2D eigenvalue weighted by molar-refractivity contribution is -0.00338. The van der Waals surface area contributed by atoms with Crippen LogP contribution in [0.25, 0.3) is 0 Å². The van der Waals surface area contributed by atoms with Gasteiger partial charge in [-0.25, -0.2) is 0 Å². The van der Waals surface area contributed by atoms with E-state index in [1.807, 2.05) is 18.5 Å². The number of unbranched alkanes of at least 4 members (excludes halogenated alkanes) is 1. The molecule has 4 nitrogen and oxygen atoms in total. The summed E-state index contributed by atoms with van der Waals surface area (Å²) < 4.78 is 4.94. The Bertz CT molecular complexity index is 332. The van der Waals surface area contributed by atoms with Gasteiger partial charge in [0.25, 0.3) is 0 Å². The lowest BCUT2D eigenvalue weighted by Gasteiger charge is -2.24. The van der Waals surface area contributed by atoms with Crippen LogP contribution in [0.4, 0.5) is 0 Å². The normalized spacial score (nSPS) is 20.4. The lowest BCUT2D eigenvalue weighted by Crippen LogP contribution is -2.24. The molecular weight excluding hydrogens is 228 g/mol. The Balaban J connectivity index is 1.77. The van der Waals surface area contributed by atoms with E-state index in [1.54, 1.807) is 0 Å². The first-order valence-corrected chi connectivity index (χ1v) is 6.74. The molecule has 0 spiro atoms. The van der Waals surface area contributed by atoms with Crippen LogP contribution in [0.15, 0.2) is 24.5 Å². The van der Waals surface area contributed by atoms with E-state index in [4.69, 9.17) is 9.84 Å². The second-order valence-corrected chi connectivity index (χ2v) is 4.72. The van der Waals surface area contributed by atoms with Gasteiger partial charge in [0, 0.05) is 25.0 Å². The zero-order chi connectivity index (χ0) is 12.6. The summed E-state index contributed by atoms with van der Waals surface area (Å²) in [6, 6.07) is 4.73. The number of aromatic nitrogens is 1. The molecule has 0 bridgehead atoms. The Morgan fingerprint density at radius 3 is 3.17 bits per heavy atom. The quantitative estimate of drug-likeness (QED) is 0.593. The van der Waals surface area contributed by atoms with E-state index in [2.05, 4.69) is 16.0 Å². The average molecular weight is 250 g/mol. The molecule has 100 valence electrons. The Labute approximate surface area is 109 Å². The highest BCUT2D eigenvalue weighted by atomic mass is 16.6. The van der Waals surface area contributed by atoms with Crippen LogP contribution in [0, 0.1) is 0 Å². The monoisotopic (exact) mass is 250 g/mol. The third-order valence-electron chi connectivity index (χ3n) is 3.51. The van der Waals surface area contributed by atoms with Crippen molar-refractivity contribution >= 4 is 0 Å². The van der Waals surface area contributed by atoms with Crippen molar-refractivity contribution in [3.8, 4) is 0 Å². The number of pyridine rings is 1. The number of nitrogens with zero attached hydrogens (tertiary/aromatic N) is 2. The summed E-state index contributed by atoms with van der Waals surface area (Å²) in [7, 11) is 0. The fraction of sp³-hybridized carbons (Fsp3) is 0.643. The summed E-state index contributed by atoms with van der Waals surface area (Å²) in [6.07, 6.45) is 8.45. The molecule has 0 amide bonds. The molecule has 1 aliphatic heterocycles. The van der Waals surface area contributed by atoms with Crippen molar-refractivity contribution in [1.82, 2.24) is 9.88 Å². The van der Waals surface area contributed by atoms with E-state index in [0.717, 1.165) is 19.4 Å². The molecule has 1 saturated heterocycles. The minimum Gasteiger partial charge on any atom is -0.371 e. The molecule has 0 aliphatic carbocycles. The fourth-order valence-corrected chi connectivity index (χ4v) is 2.63. The Hall–Kier alpha value is -0.970. The maximum atomic E-state index is 8.53. The second kappa shape index (κ2) is 7.46. The van der Waals surface area contributed by atoms with E-state index < -0.39 is 0 Å². The Kier molecular flexibility index (Phi) is 5.58. The SMILES string of the molecule is OCOCCCCN1CCCC1c1cccnc1. The van der Waals surface area contributed by atoms with Gasteiger partial charge in [-0.3, -0.25) is 9.88 Å². The number of aliphatic hydroxyl groups is 1. The molecule has 1 N–H and O–H groups in total. The zero-order valence-electron chi connectivity index (χ0n) is 10.8. The highest BCUT2D eigenvalue weighted by Crippen LogP contribution is 2.31. The molecule has 0 radical (unpaired) electrons. The summed E-state index contributed by atoms with van der Waals surface area (Å²) in [6.45, 7) is 2.78. The standard InChI is InChI=1S/C14H22N2O2/c17-12-18-10-2-1-8-16-9-4-6-14(16)13-5-3-7-15-11-13/h3,5,7,11,14,17H,1-2,4,6,8-10,12H2. The van der Waals surface area contributed by atoms with Crippen molar-refractivity contribution in [2.45, 2.75) is 31.7 Å². The highest BCUT2D eigenvalue weighted by molar-refractivity contribution is 5.15. The van der Waals surface area contributed by atoms with Crippen molar-refractivity contribution in [3.63, 3.8) is 0 Å². The molecule has 1 unspecified atom stereocenters. The summed E-state index contributed by atoms with van der Waals surface area (Å²) in [5, 5.41) is 8.53. The van der Waals surface area contributed by atoms with Crippen LogP contribution in [0.2, 0.25) is 0 Å². The van der Waals surface area contributed by atoms with Gasteiger partial charge in [-0.2, -0.15) is 0 Å². The summed E-state index contributed by atoms with van der Waals surface area (Å²) in [5.41, 5.74) is 1.33. The summed E-state index contributed by atoms with van der Waals surface area (Å²) >= 11 is 0. The smallest absolute Gasteiger partial charge is 0.143 e. The Morgan fingerprint density at radius 2 is 2.39 bits per heavy atom. The van der Waals surface area contributed by atoms with Gasteiger partial charge in [0.15, 0.2) is 0 Å². The second-order valence-electron chi connectivity index (χ2n) is 4.72. The maximum Gasteiger partial charge on any atom is 0.143 e. The minimum atomic E-state index is -0.165.